The summed E-state index contributed by atoms with van der Waals surface area (Å²) in [5.41, 5.74) is -2.14. The summed E-state index contributed by atoms with van der Waals surface area (Å²) < 4.78 is 35.9. The van der Waals surface area contributed by atoms with Crippen LogP contribution in [0.2, 0.25) is 0 Å². The Hall–Kier alpha value is -2.13. The lowest BCUT2D eigenvalue weighted by molar-refractivity contribution is -0.269. The lowest BCUT2D eigenvalue weighted by Crippen LogP contribution is -2.72. The van der Waals surface area contributed by atoms with Gasteiger partial charge in [-0.2, -0.15) is 0 Å². The number of rotatable bonds is 5. The van der Waals surface area contributed by atoms with E-state index >= 15 is 0 Å². The van der Waals surface area contributed by atoms with Crippen molar-refractivity contribution in [3.05, 3.63) is 12.3 Å². The molecule has 2 aliphatic carbocycles. The van der Waals surface area contributed by atoms with Gasteiger partial charge in [-0.1, -0.05) is 13.8 Å². The van der Waals surface area contributed by atoms with Crippen LogP contribution in [0.5, 0.6) is 0 Å². The van der Waals surface area contributed by atoms with E-state index in [4.69, 9.17) is 28.4 Å². The van der Waals surface area contributed by atoms with Crippen LogP contribution in [0.3, 0.4) is 0 Å². The van der Waals surface area contributed by atoms with Crippen molar-refractivity contribution in [1.29, 1.82) is 0 Å². The summed E-state index contributed by atoms with van der Waals surface area (Å²) in [6, 6.07) is 0. The molecule has 5 aliphatic rings. The summed E-state index contributed by atoms with van der Waals surface area (Å²) in [5, 5.41) is 0. The molecule has 9 nitrogen and oxygen atoms in total. The molecule has 0 aromatic heterocycles. The van der Waals surface area contributed by atoms with Crippen molar-refractivity contribution in [2.75, 3.05) is 13.2 Å². The van der Waals surface area contributed by atoms with E-state index < -0.39 is 41.1 Å². The average molecular weight is 493 g/mol. The molecule has 3 aliphatic heterocycles. The number of carbonyl (C=O) groups is 3. The van der Waals surface area contributed by atoms with E-state index in [1.165, 1.54) is 20.8 Å². The Labute approximate surface area is 205 Å². The minimum Gasteiger partial charge on any atom is -0.472 e. The lowest BCUT2D eigenvalue weighted by Gasteiger charge is -2.64. The molecule has 0 N–H and O–H groups in total. The Kier molecular flexibility index (Phi) is 5.95. The third-order valence-electron chi connectivity index (χ3n) is 9.55. The molecule has 10 atom stereocenters. The summed E-state index contributed by atoms with van der Waals surface area (Å²) >= 11 is 0. The van der Waals surface area contributed by atoms with Crippen LogP contribution in [0, 0.1) is 28.6 Å². The molecule has 0 radical (unpaired) electrons. The first-order valence-corrected chi connectivity index (χ1v) is 12.6. The zero-order valence-electron chi connectivity index (χ0n) is 21.1. The second kappa shape index (κ2) is 8.47. The summed E-state index contributed by atoms with van der Waals surface area (Å²) in [6.45, 7) is 8.93. The Bertz CT molecular complexity index is 926. The first-order chi connectivity index (χ1) is 16.5. The van der Waals surface area contributed by atoms with E-state index in [2.05, 4.69) is 19.9 Å². The zero-order chi connectivity index (χ0) is 25.2. The van der Waals surface area contributed by atoms with E-state index in [0.29, 0.717) is 25.9 Å². The highest BCUT2D eigenvalue weighted by Gasteiger charge is 2.80. The fraction of sp³-hybridized carbons (Fsp3) is 0.808. The maximum absolute atomic E-state index is 12.3. The SMILES string of the molecule is CC(=O)OC[C@@]12[C@@H](OC(C)=O)C[C@@H](C)[C@](C)(C3C[C@H]4C=CO[C@H]4O3)[C@H]1CC[C@H](OC(C)=O)C21CO1. The Morgan fingerprint density at radius 3 is 2.29 bits per heavy atom. The molecule has 0 bridgehead atoms. The van der Waals surface area contributed by atoms with Gasteiger partial charge >= 0.3 is 17.9 Å². The van der Waals surface area contributed by atoms with Crippen molar-refractivity contribution < 1.29 is 42.8 Å². The van der Waals surface area contributed by atoms with E-state index in [-0.39, 0.29) is 42.2 Å². The standard InChI is InChI=1S/C26H36O9/c1-14-10-22(34-17(4)29)25(12-31-15(2)27)19(6-7-20(33-16(3)28)26(25)13-32-26)24(14,5)21-11-18-8-9-30-23(18)35-21/h8-9,14,18-23H,6-7,10-13H2,1-5H3/t14-,18-,19-,20+,21?,22+,23+,24+,25+,26?/m1/s1. The van der Waals surface area contributed by atoms with E-state index in [1.54, 1.807) is 6.26 Å². The second-order valence-corrected chi connectivity index (χ2v) is 11.2. The van der Waals surface area contributed by atoms with Crippen LogP contribution < -0.4 is 0 Å². The van der Waals surface area contributed by atoms with Crippen LogP contribution in [0.25, 0.3) is 0 Å². The van der Waals surface area contributed by atoms with Gasteiger partial charge in [-0.15, -0.1) is 0 Å². The van der Waals surface area contributed by atoms with E-state index in [1.807, 2.05) is 0 Å². The maximum atomic E-state index is 12.3. The fourth-order valence-electron chi connectivity index (χ4n) is 7.82. The van der Waals surface area contributed by atoms with Gasteiger partial charge in [0.2, 0.25) is 6.29 Å². The van der Waals surface area contributed by atoms with Crippen molar-refractivity contribution in [2.24, 2.45) is 28.6 Å². The first-order valence-electron chi connectivity index (χ1n) is 12.6. The molecule has 2 saturated heterocycles. The van der Waals surface area contributed by atoms with Crippen molar-refractivity contribution in [1.82, 2.24) is 0 Å². The Morgan fingerprint density at radius 1 is 1.00 bits per heavy atom. The first kappa shape index (κ1) is 24.6. The molecular formula is C26H36O9. The molecule has 1 spiro atoms. The number of hydrogen-bond donors (Lipinski definition) is 0. The summed E-state index contributed by atoms with van der Waals surface area (Å²) in [7, 11) is 0. The van der Waals surface area contributed by atoms with Gasteiger partial charge in [0.05, 0.1) is 24.4 Å². The molecule has 2 unspecified atom stereocenters. The normalized spacial score (nSPS) is 47.4. The highest BCUT2D eigenvalue weighted by Crippen LogP contribution is 2.70. The molecule has 3 heterocycles. The van der Waals surface area contributed by atoms with Crippen LogP contribution in [-0.2, 0) is 42.8 Å². The van der Waals surface area contributed by atoms with Crippen LogP contribution in [0.1, 0.15) is 60.3 Å². The van der Waals surface area contributed by atoms with E-state index in [9.17, 15) is 14.4 Å². The largest absolute Gasteiger partial charge is 0.472 e. The lowest BCUT2D eigenvalue weighted by atomic mass is 9.42. The molecular weight excluding hydrogens is 456 g/mol. The van der Waals surface area contributed by atoms with Gasteiger partial charge in [0.25, 0.3) is 0 Å². The number of esters is 3. The number of carbonyl (C=O) groups excluding carboxylic acids is 3. The second-order valence-electron chi connectivity index (χ2n) is 11.2. The summed E-state index contributed by atoms with van der Waals surface area (Å²) in [5.74, 6) is -0.960. The van der Waals surface area contributed by atoms with Crippen molar-refractivity contribution in [3.8, 4) is 0 Å². The smallest absolute Gasteiger partial charge is 0.303 e. The quantitative estimate of drug-likeness (QED) is 0.325. The minimum atomic E-state index is -0.899. The highest BCUT2D eigenvalue weighted by atomic mass is 16.7. The van der Waals surface area contributed by atoms with Crippen LogP contribution >= 0.6 is 0 Å². The van der Waals surface area contributed by atoms with Crippen LogP contribution in [-0.4, -0.2) is 61.3 Å². The molecule has 0 aromatic rings. The molecule has 0 amide bonds. The van der Waals surface area contributed by atoms with Gasteiger partial charge in [-0.3, -0.25) is 14.4 Å². The van der Waals surface area contributed by atoms with Gasteiger partial charge in [0, 0.05) is 32.1 Å². The Morgan fingerprint density at radius 2 is 1.69 bits per heavy atom. The molecule has 2 saturated carbocycles. The average Bonchev–Trinajstić information content (AvgIpc) is 3.26. The molecule has 5 rings (SSSR count). The zero-order valence-corrected chi connectivity index (χ0v) is 21.1. The van der Waals surface area contributed by atoms with Crippen LogP contribution in [0.15, 0.2) is 12.3 Å². The number of epoxide rings is 1. The van der Waals surface area contributed by atoms with Crippen molar-refractivity contribution >= 4 is 17.9 Å². The van der Waals surface area contributed by atoms with Crippen LogP contribution in [0.4, 0.5) is 0 Å². The number of fused-ring (bicyclic) bond motifs is 3. The minimum absolute atomic E-state index is 0.0149. The molecule has 194 valence electrons. The van der Waals surface area contributed by atoms with Gasteiger partial charge < -0.3 is 28.4 Å². The van der Waals surface area contributed by atoms with E-state index in [0.717, 1.165) is 6.42 Å². The van der Waals surface area contributed by atoms with Gasteiger partial charge in [-0.25, -0.2) is 0 Å². The molecule has 0 aromatic carbocycles. The predicted octanol–water partition coefficient (Wildman–Crippen LogP) is 2.90. The molecule has 35 heavy (non-hydrogen) atoms. The highest BCUT2D eigenvalue weighted by molar-refractivity contribution is 5.67. The van der Waals surface area contributed by atoms with Crippen molar-refractivity contribution in [2.45, 2.75) is 90.5 Å². The Balaban J connectivity index is 1.62. The third-order valence-corrected chi connectivity index (χ3v) is 9.55. The number of hydrogen-bond acceptors (Lipinski definition) is 9. The third kappa shape index (κ3) is 3.60. The topological polar surface area (TPSA) is 110 Å². The van der Waals surface area contributed by atoms with Gasteiger partial charge in [-0.05, 0) is 43.6 Å². The maximum Gasteiger partial charge on any atom is 0.303 e. The van der Waals surface area contributed by atoms with Gasteiger partial charge in [0.15, 0.2) is 0 Å². The summed E-state index contributed by atoms with van der Waals surface area (Å²) in [4.78, 5) is 36.4. The summed E-state index contributed by atoms with van der Waals surface area (Å²) in [6.07, 6.45) is 4.96. The molecule has 4 fully saturated rings. The predicted molar refractivity (Wildman–Crippen MR) is 120 cm³/mol. The van der Waals surface area contributed by atoms with Crippen molar-refractivity contribution in [3.63, 3.8) is 0 Å². The number of ether oxygens (including phenoxy) is 6. The fourth-order valence-corrected chi connectivity index (χ4v) is 7.82. The molecule has 9 heteroatoms. The monoisotopic (exact) mass is 492 g/mol. The van der Waals surface area contributed by atoms with Gasteiger partial charge in [0.1, 0.15) is 24.4 Å².